The normalized spacial score (nSPS) is 17.3. The number of furan rings is 1. The van der Waals surface area contributed by atoms with Crippen molar-refractivity contribution in [2.75, 3.05) is 32.7 Å². The van der Waals surface area contributed by atoms with Crippen LogP contribution in [0.2, 0.25) is 0 Å². The monoisotopic (exact) mass is 502 g/mol. The van der Waals surface area contributed by atoms with Crippen molar-refractivity contribution in [2.24, 2.45) is 4.99 Å². The Labute approximate surface area is 183 Å². The molecule has 2 atom stereocenters. The lowest BCUT2D eigenvalue weighted by molar-refractivity contribution is 0.215. The number of likely N-dealkylation sites (tertiary alicyclic amines) is 1. The lowest BCUT2D eigenvalue weighted by atomic mass is 10.1. The first kappa shape index (κ1) is 22.2. The molecule has 0 aliphatic carbocycles. The minimum absolute atomic E-state index is 0. The number of hydrogen-bond acceptors (Lipinski definition) is 4. The second kappa shape index (κ2) is 11.7. The largest absolute Gasteiger partial charge is 0.468 e. The molecular weight excluding hydrogens is 471 g/mol. The van der Waals surface area contributed by atoms with Crippen LogP contribution in [0.5, 0.6) is 0 Å². The molecule has 7 heteroatoms. The van der Waals surface area contributed by atoms with Crippen molar-refractivity contribution in [1.82, 2.24) is 15.5 Å². The van der Waals surface area contributed by atoms with Crippen molar-refractivity contribution in [3.63, 3.8) is 0 Å². The molecule has 5 nitrogen and oxygen atoms in total. The van der Waals surface area contributed by atoms with E-state index in [0.29, 0.717) is 5.92 Å². The van der Waals surface area contributed by atoms with Gasteiger partial charge >= 0.3 is 0 Å². The number of hydrogen-bond donors (Lipinski definition) is 2. The van der Waals surface area contributed by atoms with Crippen LogP contribution >= 0.6 is 35.3 Å². The van der Waals surface area contributed by atoms with E-state index in [0.717, 1.165) is 44.4 Å². The summed E-state index contributed by atoms with van der Waals surface area (Å²) in [5.41, 5.74) is 0. The summed E-state index contributed by atoms with van der Waals surface area (Å²) in [6.45, 7) is 9.04. The Morgan fingerprint density at radius 3 is 2.70 bits per heavy atom. The first-order valence-corrected chi connectivity index (χ1v) is 10.5. The van der Waals surface area contributed by atoms with Gasteiger partial charge in [-0.3, -0.25) is 9.89 Å². The maximum absolute atomic E-state index is 5.71. The highest BCUT2D eigenvalue weighted by atomic mass is 127. The molecule has 1 aliphatic heterocycles. The SMILES string of the molecule is CCNC(=NCC(C)c1cccs1)NCC(c1ccco1)N1CCCC1.I. The molecule has 1 fully saturated rings. The van der Waals surface area contributed by atoms with Crippen LogP contribution in [-0.2, 0) is 0 Å². The number of nitrogens with one attached hydrogen (secondary N) is 2. The number of aliphatic imine (C=N–C) groups is 1. The fraction of sp³-hybridized carbons (Fsp3) is 0.550. The molecule has 0 radical (unpaired) electrons. The van der Waals surface area contributed by atoms with Crippen LogP contribution in [0.1, 0.15) is 49.3 Å². The molecule has 2 N–H and O–H groups in total. The molecule has 27 heavy (non-hydrogen) atoms. The molecule has 1 aliphatic rings. The molecule has 2 aromatic rings. The van der Waals surface area contributed by atoms with E-state index in [1.807, 2.05) is 6.07 Å². The van der Waals surface area contributed by atoms with Gasteiger partial charge in [-0.1, -0.05) is 13.0 Å². The summed E-state index contributed by atoms with van der Waals surface area (Å²) < 4.78 is 5.71. The summed E-state index contributed by atoms with van der Waals surface area (Å²) in [4.78, 5) is 8.69. The molecule has 0 saturated carbocycles. The zero-order valence-corrected chi connectivity index (χ0v) is 19.3. The van der Waals surface area contributed by atoms with Gasteiger partial charge < -0.3 is 15.1 Å². The summed E-state index contributed by atoms with van der Waals surface area (Å²) in [7, 11) is 0. The Hall–Kier alpha value is -1.06. The molecule has 150 valence electrons. The molecule has 3 rings (SSSR count). The summed E-state index contributed by atoms with van der Waals surface area (Å²) in [5.74, 6) is 2.35. The Kier molecular flexibility index (Phi) is 9.64. The van der Waals surface area contributed by atoms with E-state index in [4.69, 9.17) is 9.41 Å². The maximum Gasteiger partial charge on any atom is 0.191 e. The van der Waals surface area contributed by atoms with E-state index < -0.39 is 0 Å². The highest BCUT2D eigenvalue weighted by molar-refractivity contribution is 14.0. The summed E-state index contributed by atoms with van der Waals surface area (Å²) in [5, 5.41) is 9.02. The van der Waals surface area contributed by atoms with Gasteiger partial charge in [-0.2, -0.15) is 0 Å². The average Bonchev–Trinajstić information content (AvgIpc) is 3.43. The van der Waals surface area contributed by atoms with E-state index in [-0.39, 0.29) is 30.0 Å². The second-order valence-electron chi connectivity index (χ2n) is 6.79. The van der Waals surface area contributed by atoms with E-state index in [9.17, 15) is 0 Å². The van der Waals surface area contributed by atoms with E-state index in [1.165, 1.54) is 17.7 Å². The third-order valence-electron chi connectivity index (χ3n) is 4.81. The number of guanidine groups is 1. The lowest BCUT2D eigenvalue weighted by Crippen LogP contribution is -2.42. The van der Waals surface area contributed by atoms with Crippen LogP contribution in [-0.4, -0.2) is 43.6 Å². The first-order chi connectivity index (χ1) is 12.8. The van der Waals surface area contributed by atoms with E-state index in [1.54, 1.807) is 17.6 Å². The van der Waals surface area contributed by atoms with Gasteiger partial charge in [0.2, 0.25) is 0 Å². The molecule has 3 heterocycles. The van der Waals surface area contributed by atoms with Crippen LogP contribution in [0.4, 0.5) is 0 Å². The topological polar surface area (TPSA) is 52.8 Å². The number of rotatable bonds is 8. The maximum atomic E-state index is 5.71. The summed E-state index contributed by atoms with van der Waals surface area (Å²) >= 11 is 1.80. The summed E-state index contributed by atoms with van der Waals surface area (Å²) in [6.07, 6.45) is 4.30. The van der Waals surface area contributed by atoms with Gasteiger partial charge in [-0.15, -0.1) is 35.3 Å². The third-order valence-corrected chi connectivity index (χ3v) is 5.92. The van der Waals surface area contributed by atoms with Crippen LogP contribution in [0.15, 0.2) is 45.3 Å². The fourth-order valence-corrected chi connectivity index (χ4v) is 4.15. The van der Waals surface area contributed by atoms with Crippen molar-refractivity contribution in [2.45, 2.75) is 38.6 Å². The standard InChI is InChI=1S/C20H30N4OS.HI/c1-3-21-20(22-14-16(2)19-9-7-13-26-19)23-15-17(18-8-6-12-25-18)24-10-4-5-11-24;/h6-9,12-13,16-17H,3-5,10-11,14-15H2,1-2H3,(H2,21,22,23);1H. The number of nitrogens with zero attached hydrogens (tertiary/aromatic N) is 2. The van der Waals surface area contributed by atoms with Gasteiger partial charge in [0.05, 0.1) is 18.8 Å². The van der Waals surface area contributed by atoms with Gasteiger partial charge in [-0.25, -0.2) is 0 Å². The van der Waals surface area contributed by atoms with Crippen LogP contribution in [0.3, 0.4) is 0 Å². The molecule has 0 amide bonds. The Bertz CT molecular complexity index is 654. The van der Waals surface area contributed by atoms with Gasteiger partial charge in [0.1, 0.15) is 5.76 Å². The number of halogens is 1. The van der Waals surface area contributed by atoms with Crippen LogP contribution in [0, 0.1) is 0 Å². The minimum Gasteiger partial charge on any atom is -0.468 e. The quantitative estimate of drug-likeness (QED) is 0.318. The predicted octanol–water partition coefficient (Wildman–Crippen LogP) is 4.45. The third kappa shape index (κ3) is 6.50. The smallest absolute Gasteiger partial charge is 0.191 e. The lowest BCUT2D eigenvalue weighted by Gasteiger charge is -2.26. The van der Waals surface area contributed by atoms with Crippen molar-refractivity contribution in [3.05, 3.63) is 46.5 Å². The predicted molar refractivity (Wildman–Crippen MR) is 124 cm³/mol. The molecular formula is C20H31IN4OS. The molecule has 2 unspecified atom stereocenters. The number of thiophene rings is 1. The Morgan fingerprint density at radius 2 is 2.07 bits per heavy atom. The van der Waals surface area contributed by atoms with E-state index in [2.05, 4.69) is 53.0 Å². The van der Waals surface area contributed by atoms with E-state index >= 15 is 0 Å². The van der Waals surface area contributed by atoms with Crippen LogP contribution in [0.25, 0.3) is 0 Å². The molecule has 0 bridgehead atoms. The second-order valence-corrected chi connectivity index (χ2v) is 7.77. The van der Waals surface area contributed by atoms with Crippen LogP contribution < -0.4 is 10.6 Å². The first-order valence-electron chi connectivity index (χ1n) is 9.61. The van der Waals surface area contributed by atoms with Gasteiger partial charge in [0, 0.05) is 23.9 Å². The summed E-state index contributed by atoms with van der Waals surface area (Å²) in [6, 6.07) is 8.60. The Morgan fingerprint density at radius 1 is 1.26 bits per heavy atom. The Balaban J connectivity index is 0.00000261. The highest BCUT2D eigenvalue weighted by Crippen LogP contribution is 2.25. The van der Waals surface area contributed by atoms with Crippen molar-refractivity contribution in [1.29, 1.82) is 0 Å². The van der Waals surface area contributed by atoms with Gasteiger partial charge in [-0.05, 0) is 56.4 Å². The molecule has 2 aromatic heterocycles. The average molecular weight is 502 g/mol. The van der Waals surface area contributed by atoms with Crippen molar-refractivity contribution in [3.8, 4) is 0 Å². The minimum atomic E-state index is 0. The van der Waals surface area contributed by atoms with Crippen molar-refractivity contribution < 1.29 is 4.42 Å². The van der Waals surface area contributed by atoms with Gasteiger partial charge in [0.15, 0.2) is 5.96 Å². The molecule has 1 saturated heterocycles. The van der Waals surface area contributed by atoms with Crippen molar-refractivity contribution >= 4 is 41.3 Å². The molecule has 0 spiro atoms. The fourth-order valence-electron chi connectivity index (χ4n) is 3.37. The molecule has 0 aromatic carbocycles. The van der Waals surface area contributed by atoms with Gasteiger partial charge in [0.25, 0.3) is 0 Å². The highest BCUT2D eigenvalue weighted by Gasteiger charge is 2.25. The zero-order valence-electron chi connectivity index (χ0n) is 16.2. The zero-order chi connectivity index (χ0) is 18.2.